The molecule has 76 valence electrons. The molecule has 1 fully saturated rings. The minimum absolute atomic E-state index is 0.381. The van der Waals surface area contributed by atoms with E-state index < -0.39 is 0 Å². The zero-order valence-corrected chi connectivity index (χ0v) is 10.5. The summed E-state index contributed by atoms with van der Waals surface area (Å²) in [5.41, 5.74) is 0. The molecular formula is C11H19IO. The summed E-state index contributed by atoms with van der Waals surface area (Å²) in [7, 11) is 0. The third-order valence-electron chi connectivity index (χ3n) is 2.48. The Hall–Kier alpha value is 0.430. The van der Waals surface area contributed by atoms with Crippen LogP contribution < -0.4 is 0 Å². The van der Waals surface area contributed by atoms with Crippen LogP contribution in [-0.4, -0.2) is 12.2 Å². The van der Waals surface area contributed by atoms with Gasteiger partial charge in [-0.15, -0.1) is 0 Å². The van der Waals surface area contributed by atoms with Crippen LogP contribution in [-0.2, 0) is 4.74 Å². The van der Waals surface area contributed by atoms with Crippen LogP contribution in [0.5, 0.6) is 0 Å². The number of hydrogen-bond acceptors (Lipinski definition) is 1. The largest absolute Gasteiger partial charge is 0.364 e. The molecule has 2 heteroatoms. The van der Waals surface area contributed by atoms with Gasteiger partial charge in [-0.2, -0.15) is 0 Å². The van der Waals surface area contributed by atoms with Crippen LogP contribution in [0.1, 0.15) is 45.4 Å². The first-order valence-corrected chi connectivity index (χ1v) is 6.33. The number of ether oxygens (including phenoxy) is 1. The predicted octanol–water partition coefficient (Wildman–Crippen LogP) is 4.06. The SMILES string of the molecule is C=C(I)[C@H]1O[C@@H]1CCCCCCC. The lowest BCUT2D eigenvalue weighted by Crippen LogP contribution is -1.92. The van der Waals surface area contributed by atoms with E-state index in [1.807, 2.05) is 0 Å². The first-order chi connectivity index (χ1) is 6.25. The van der Waals surface area contributed by atoms with Crippen LogP contribution >= 0.6 is 22.6 Å². The summed E-state index contributed by atoms with van der Waals surface area (Å²) < 4.78 is 6.64. The zero-order valence-electron chi connectivity index (χ0n) is 8.39. The van der Waals surface area contributed by atoms with Crippen LogP contribution in [0.2, 0.25) is 0 Å². The summed E-state index contributed by atoms with van der Waals surface area (Å²) in [6.07, 6.45) is 8.91. The van der Waals surface area contributed by atoms with E-state index in [4.69, 9.17) is 4.74 Å². The highest BCUT2D eigenvalue weighted by Gasteiger charge is 2.39. The van der Waals surface area contributed by atoms with E-state index in [0.29, 0.717) is 12.2 Å². The molecule has 0 aromatic heterocycles. The van der Waals surface area contributed by atoms with Crippen molar-refractivity contribution < 1.29 is 4.74 Å². The van der Waals surface area contributed by atoms with Gasteiger partial charge in [0.15, 0.2) is 0 Å². The van der Waals surface area contributed by atoms with Crippen molar-refractivity contribution in [1.29, 1.82) is 0 Å². The van der Waals surface area contributed by atoms with Gasteiger partial charge < -0.3 is 4.74 Å². The zero-order chi connectivity index (χ0) is 9.68. The molecular weight excluding hydrogens is 275 g/mol. The standard InChI is InChI=1S/C11H19IO/c1-3-4-5-6-7-8-10-11(13-10)9(2)12/h10-11H,2-8H2,1H3/t10-,11-/m1/s1. The maximum Gasteiger partial charge on any atom is 0.114 e. The first kappa shape index (κ1) is 11.5. The lowest BCUT2D eigenvalue weighted by molar-refractivity contribution is 0.372. The van der Waals surface area contributed by atoms with E-state index in [1.54, 1.807) is 0 Å². The number of halogens is 1. The van der Waals surface area contributed by atoms with Gasteiger partial charge in [0.1, 0.15) is 6.10 Å². The molecule has 1 heterocycles. The van der Waals surface area contributed by atoms with E-state index in [2.05, 4.69) is 36.1 Å². The molecule has 0 unspecified atom stereocenters. The van der Waals surface area contributed by atoms with Crippen molar-refractivity contribution in [2.75, 3.05) is 0 Å². The average Bonchev–Trinajstić information content (AvgIpc) is 2.83. The fourth-order valence-corrected chi connectivity index (χ4v) is 2.13. The van der Waals surface area contributed by atoms with E-state index in [-0.39, 0.29) is 0 Å². The Labute approximate surface area is 95.1 Å². The van der Waals surface area contributed by atoms with Crippen molar-refractivity contribution in [1.82, 2.24) is 0 Å². The molecule has 0 aliphatic carbocycles. The highest BCUT2D eigenvalue weighted by molar-refractivity contribution is 14.1. The maximum atomic E-state index is 5.48. The molecule has 0 spiro atoms. The molecule has 1 aliphatic rings. The normalized spacial score (nSPS) is 26.0. The van der Waals surface area contributed by atoms with Gasteiger partial charge >= 0.3 is 0 Å². The molecule has 1 aliphatic heterocycles. The second-order valence-corrected chi connectivity index (χ2v) is 5.13. The van der Waals surface area contributed by atoms with E-state index in [9.17, 15) is 0 Å². The van der Waals surface area contributed by atoms with Crippen molar-refractivity contribution in [3.63, 3.8) is 0 Å². The number of hydrogen-bond donors (Lipinski definition) is 0. The summed E-state index contributed by atoms with van der Waals surface area (Å²) in [6.45, 7) is 6.14. The highest BCUT2D eigenvalue weighted by Crippen LogP contribution is 2.35. The summed E-state index contributed by atoms with van der Waals surface area (Å²) in [6, 6.07) is 0. The van der Waals surface area contributed by atoms with Crippen molar-refractivity contribution in [3.05, 3.63) is 10.2 Å². The van der Waals surface area contributed by atoms with Crippen molar-refractivity contribution >= 4 is 22.6 Å². The molecule has 2 atom stereocenters. The van der Waals surface area contributed by atoms with Gasteiger partial charge in [0, 0.05) is 3.58 Å². The van der Waals surface area contributed by atoms with Crippen molar-refractivity contribution in [2.24, 2.45) is 0 Å². The number of rotatable bonds is 7. The second-order valence-electron chi connectivity index (χ2n) is 3.74. The van der Waals surface area contributed by atoms with Gasteiger partial charge in [-0.1, -0.05) is 45.6 Å². The van der Waals surface area contributed by atoms with Gasteiger partial charge in [0.2, 0.25) is 0 Å². The predicted molar refractivity (Wildman–Crippen MR) is 65.2 cm³/mol. The lowest BCUT2D eigenvalue weighted by Gasteiger charge is -1.97. The van der Waals surface area contributed by atoms with Crippen LogP contribution in [0.25, 0.3) is 0 Å². The summed E-state index contributed by atoms with van der Waals surface area (Å²) >= 11 is 2.27. The highest BCUT2D eigenvalue weighted by atomic mass is 127. The van der Waals surface area contributed by atoms with E-state index >= 15 is 0 Å². The third-order valence-corrected chi connectivity index (χ3v) is 3.10. The van der Waals surface area contributed by atoms with Crippen LogP contribution in [0, 0.1) is 0 Å². The summed E-state index contributed by atoms with van der Waals surface area (Å²) in [5, 5.41) is 0. The topological polar surface area (TPSA) is 12.5 Å². The van der Waals surface area contributed by atoms with Gasteiger partial charge in [0.05, 0.1) is 6.10 Å². The van der Waals surface area contributed by atoms with Gasteiger partial charge in [0.25, 0.3) is 0 Å². The minimum Gasteiger partial charge on any atom is -0.364 e. The summed E-state index contributed by atoms with van der Waals surface area (Å²) in [5.74, 6) is 0. The lowest BCUT2D eigenvalue weighted by atomic mass is 10.1. The molecule has 0 aromatic carbocycles. The quantitative estimate of drug-likeness (QED) is 0.392. The third kappa shape index (κ3) is 4.45. The number of epoxide rings is 1. The van der Waals surface area contributed by atoms with E-state index in [0.717, 1.165) is 3.58 Å². The smallest absolute Gasteiger partial charge is 0.114 e. The Balaban J connectivity index is 1.88. The molecule has 1 nitrogen and oxygen atoms in total. The fourth-order valence-electron chi connectivity index (χ4n) is 1.59. The molecule has 13 heavy (non-hydrogen) atoms. The second kappa shape index (κ2) is 6.02. The molecule has 0 N–H and O–H groups in total. The molecule has 0 bridgehead atoms. The maximum absolute atomic E-state index is 5.48. The van der Waals surface area contributed by atoms with Gasteiger partial charge in [-0.3, -0.25) is 0 Å². The Bertz CT molecular complexity index is 167. The molecule has 0 amide bonds. The fraction of sp³-hybridized carbons (Fsp3) is 0.818. The van der Waals surface area contributed by atoms with Crippen molar-refractivity contribution in [2.45, 2.75) is 57.7 Å². The summed E-state index contributed by atoms with van der Waals surface area (Å²) in [4.78, 5) is 0. The van der Waals surface area contributed by atoms with E-state index in [1.165, 1.54) is 38.5 Å². The van der Waals surface area contributed by atoms with Crippen LogP contribution in [0.3, 0.4) is 0 Å². The van der Waals surface area contributed by atoms with Crippen LogP contribution in [0.15, 0.2) is 10.2 Å². The van der Waals surface area contributed by atoms with Crippen molar-refractivity contribution in [3.8, 4) is 0 Å². The van der Waals surface area contributed by atoms with Gasteiger partial charge in [-0.25, -0.2) is 0 Å². The molecule has 1 rings (SSSR count). The Morgan fingerprint density at radius 2 is 2.00 bits per heavy atom. The molecule has 0 saturated carbocycles. The Morgan fingerprint density at radius 3 is 2.54 bits per heavy atom. The molecule has 0 radical (unpaired) electrons. The molecule has 0 aromatic rings. The van der Waals surface area contributed by atoms with Crippen LogP contribution in [0.4, 0.5) is 0 Å². The first-order valence-electron chi connectivity index (χ1n) is 5.25. The monoisotopic (exact) mass is 294 g/mol. The Kier molecular flexibility index (Phi) is 5.32. The molecule has 1 saturated heterocycles. The Morgan fingerprint density at radius 1 is 1.31 bits per heavy atom. The average molecular weight is 294 g/mol. The minimum atomic E-state index is 0.381. The number of unbranched alkanes of at least 4 members (excludes halogenated alkanes) is 4. The van der Waals surface area contributed by atoms with Gasteiger partial charge in [-0.05, 0) is 29.0 Å².